The molecular weight excluding hydrogens is 402 g/mol. The molecule has 0 saturated heterocycles. The molecule has 0 aliphatic carbocycles. The van der Waals surface area contributed by atoms with Crippen molar-refractivity contribution in [1.29, 1.82) is 0 Å². The topological polar surface area (TPSA) is 64.6 Å². The van der Waals surface area contributed by atoms with Gasteiger partial charge >= 0.3 is 5.97 Å². The number of carbonyl (C=O) groups excluding carboxylic acids is 2. The van der Waals surface area contributed by atoms with Crippen LogP contribution in [0, 0.1) is 6.92 Å². The molecule has 0 radical (unpaired) electrons. The van der Waals surface area contributed by atoms with Crippen LogP contribution in [0.3, 0.4) is 0 Å². The van der Waals surface area contributed by atoms with Crippen LogP contribution in [0.5, 0.6) is 5.75 Å². The van der Waals surface area contributed by atoms with Crippen molar-refractivity contribution < 1.29 is 19.1 Å². The summed E-state index contributed by atoms with van der Waals surface area (Å²) in [5.74, 6) is 0.00642. The summed E-state index contributed by atoms with van der Waals surface area (Å²) in [5, 5.41) is 3.51. The first-order valence-corrected chi connectivity index (χ1v) is 9.91. The fourth-order valence-electron chi connectivity index (χ4n) is 2.82. The lowest BCUT2D eigenvalue weighted by molar-refractivity contribution is 0.0526. The number of halogens is 1. The third kappa shape index (κ3) is 5.39. The number of rotatable bonds is 7. The van der Waals surface area contributed by atoms with E-state index in [1.807, 2.05) is 31.2 Å². The van der Waals surface area contributed by atoms with Crippen molar-refractivity contribution in [3.8, 4) is 5.75 Å². The van der Waals surface area contributed by atoms with E-state index in [4.69, 9.17) is 21.1 Å². The van der Waals surface area contributed by atoms with E-state index in [2.05, 4.69) is 5.32 Å². The molecule has 3 aromatic carbocycles. The molecule has 1 N–H and O–H groups in total. The predicted octanol–water partition coefficient (Wildman–Crippen LogP) is 5.66. The summed E-state index contributed by atoms with van der Waals surface area (Å²) in [6.07, 6.45) is 0. The molecule has 0 spiro atoms. The van der Waals surface area contributed by atoms with Gasteiger partial charge in [0, 0.05) is 21.8 Å². The lowest BCUT2D eigenvalue weighted by Crippen LogP contribution is -2.13. The number of aryl methyl sites for hydroxylation is 1. The lowest BCUT2D eigenvalue weighted by atomic mass is 10.1. The average molecular weight is 424 g/mol. The van der Waals surface area contributed by atoms with E-state index in [-0.39, 0.29) is 11.9 Å². The molecule has 0 saturated carbocycles. The Balaban J connectivity index is 1.62. The van der Waals surface area contributed by atoms with Gasteiger partial charge in [0.25, 0.3) is 5.91 Å². The second-order valence-corrected chi connectivity index (χ2v) is 7.02. The lowest BCUT2D eigenvalue weighted by Gasteiger charge is -2.11. The molecule has 3 rings (SSSR count). The van der Waals surface area contributed by atoms with Crippen molar-refractivity contribution in [1.82, 2.24) is 0 Å². The van der Waals surface area contributed by atoms with Crippen LogP contribution >= 0.6 is 11.6 Å². The van der Waals surface area contributed by atoms with Crippen molar-refractivity contribution in [3.05, 3.63) is 94.0 Å². The molecule has 30 heavy (non-hydrogen) atoms. The summed E-state index contributed by atoms with van der Waals surface area (Å²) < 4.78 is 10.7. The maximum Gasteiger partial charge on any atom is 0.338 e. The number of hydrogen-bond donors (Lipinski definition) is 1. The van der Waals surface area contributed by atoms with Gasteiger partial charge in [0.15, 0.2) is 0 Å². The summed E-state index contributed by atoms with van der Waals surface area (Å²) in [6.45, 7) is 4.24. The van der Waals surface area contributed by atoms with Crippen LogP contribution < -0.4 is 10.1 Å². The number of nitrogens with one attached hydrogen (secondary N) is 1. The van der Waals surface area contributed by atoms with Gasteiger partial charge in [-0.3, -0.25) is 4.79 Å². The molecule has 1 amide bonds. The van der Waals surface area contributed by atoms with Crippen LogP contribution in [0.4, 0.5) is 5.69 Å². The van der Waals surface area contributed by atoms with Crippen molar-refractivity contribution in [2.45, 2.75) is 20.5 Å². The van der Waals surface area contributed by atoms with Crippen molar-refractivity contribution in [2.24, 2.45) is 0 Å². The van der Waals surface area contributed by atoms with E-state index in [0.717, 1.165) is 11.1 Å². The van der Waals surface area contributed by atoms with Crippen LogP contribution in [0.25, 0.3) is 0 Å². The maximum absolute atomic E-state index is 12.6. The number of hydrogen-bond acceptors (Lipinski definition) is 4. The molecule has 0 aromatic heterocycles. The minimum atomic E-state index is -0.383. The number of esters is 1. The Kier molecular flexibility index (Phi) is 7.09. The predicted molar refractivity (Wildman–Crippen MR) is 117 cm³/mol. The van der Waals surface area contributed by atoms with E-state index in [1.165, 1.54) is 0 Å². The van der Waals surface area contributed by atoms with E-state index < -0.39 is 0 Å². The van der Waals surface area contributed by atoms with Gasteiger partial charge in [-0.2, -0.15) is 0 Å². The first-order valence-electron chi connectivity index (χ1n) is 9.53. The molecule has 6 heteroatoms. The highest BCUT2D eigenvalue weighted by molar-refractivity contribution is 6.31. The summed E-state index contributed by atoms with van der Waals surface area (Å²) in [7, 11) is 0. The number of anilines is 1. The quantitative estimate of drug-likeness (QED) is 0.498. The number of benzene rings is 3. The standard InChI is InChI=1S/C24H22ClNO4/c1-3-29-24(28)18-10-13-22(16(2)14-18)26-23(27)17-8-11-20(12-9-17)30-15-19-6-4-5-7-21(19)25/h4-14H,3,15H2,1-2H3,(H,26,27). The highest BCUT2D eigenvalue weighted by atomic mass is 35.5. The zero-order valence-electron chi connectivity index (χ0n) is 16.8. The maximum atomic E-state index is 12.6. The first-order chi connectivity index (χ1) is 14.5. The van der Waals surface area contributed by atoms with Crippen LogP contribution in [0.1, 0.15) is 38.8 Å². The van der Waals surface area contributed by atoms with Gasteiger partial charge in [-0.25, -0.2) is 4.79 Å². The molecule has 0 bridgehead atoms. The highest BCUT2D eigenvalue weighted by Crippen LogP contribution is 2.21. The molecule has 0 heterocycles. The minimum Gasteiger partial charge on any atom is -0.489 e. The van der Waals surface area contributed by atoms with Gasteiger partial charge in [0.2, 0.25) is 0 Å². The molecule has 3 aromatic rings. The summed E-state index contributed by atoms with van der Waals surface area (Å²) >= 11 is 6.13. The fraction of sp³-hybridized carbons (Fsp3) is 0.167. The fourth-order valence-corrected chi connectivity index (χ4v) is 3.01. The second-order valence-electron chi connectivity index (χ2n) is 6.61. The van der Waals surface area contributed by atoms with Crippen LogP contribution in [0.2, 0.25) is 5.02 Å². The zero-order valence-corrected chi connectivity index (χ0v) is 17.5. The minimum absolute atomic E-state index is 0.250. The largest absolute Gasteiger partial charge is 0.489 e. The van der Waals surface area contributed by atoms with Gasteiger partial charge in [0.05, 0.1) is 12.2 Å². The Morgan fingerprint density at radius 3 is 2.33 bits per heavy atom. The summed E-state index contributed by atoms with van der Waals surface area (Å²) in [4.78, 5) is 24.4. The van der Waals surface area contributed by atoms with Gasteiger partial charge in [-0.15, -0.1) is 0 Å². The van der Waals surface area contributed by atoms with Gasteiger partial charge in [-0.05, 0) is 67.9 Å². The molecular formula is C24H22ClNO4. The number of amides is 1. The Bertz CT molecular complexity index is 1050. The molecule has 0 aliphatic heterocycles. The van der Waals surface area contributed by atoms with Gasteiger partial charge < -0.3 is 14.8 Å². The normalized spacial score (nSPS) is 10.4. The SMILES string of the molecule is CCOC(=O)c1ccc(NC(=O)c2ccc(OCc3ccccc3Cl)cc2)c(C)c1. The zero-order chi connectivity index (χ0) is 21.5. The Labute approximate surface area is 180 Å². The smallest absolute Gasteiger partial charge is 0.338 e. The average Bonchev–Trinajstić information content (AvgIpc) is 2.75. The third-order valence-corrected chi connectivity index (χ3v) is 4.82. The summed E-state index contributed by atoms with van der Waals surface area (Å²) in [6, 6.07) is 19.4. The van der Waals surface area contributed by atoms with Crippen molar-refractivity contribution >= 4 is 29.2 Å². The first kappa shape index (κ1) is 21.4. The van der Waals surface area contributed by atoms with Gasteiger partial charge in [0.1, 0.15) is 12.4 Å². The van der Waals surface area contributed by atoms with E-state index in [0.29, 0.717) is 40.8 Å². The monoisotopic (exact) mass is 423 g/mol. The van der Waals surface area contributed by atoms with E-state index >= 15 is 0 Å². The Hall–Kier alpha value is -3.31. The van der Waals surface area contributed by atoms with Gasteiger partial charge in [-0.1, -0.05) is 29.8 Å². The van der Waals surface area contributed by atoms with Crippen molar-refractivity contribution in [3.63, 3.8) is 0 Å². The van der Waals surface area contributed by atoms with Crippen LogP contribution in [0.15, 0.2) is 66.7 Å². The number of carbonyl (C=O) groups is 2. The van der Waals surface area contributed by atoms with Crippen molar-refractivity contribution in [2.75, 3.05) is 11.9 Å². The molecule has 154 valence electrons. The van der Waals surface area contributed by atoms with E-state index in [9.17, 15) is 9.59 Å². The highest BCUT2D eigenvalue weighted by Gasteiger charge is 2.12. The Morgan fingerprint density at radius 2 is 1.67 bits per heavy atom. The molecule has 5 nitrogen and oxygen atoms in total. The Morgan fingerprint density at radius 1 is 0.967 bits per heavy atom. The molecule has 0 aliphatic rings. The van der Waals surface area contributed by atoms with Crippen LogP contribution in [-0.2, 0) is 11.3 Å². The third-order valence-electron chi connectivity index (χ3n) is 4.45. The molecule has 0 unspecified atom stereocenters. The number of ether oxygens (including phenoxy) is 2. The van der Waals surface area contributed by atoms with E-state index in [1.54, 1.807) is 49.4 Å². The molecule has 0 fully saturated rings. The second kappa shape index (κ2) is 9.94. The molecule has 0 atom stereocenters. The van der Waals surface area contributed by atoms with Crippen LogP contribution in [-0.4, -0.2) is 18.5 Å². The summed E-state index contributed by atoms with van der Waals surface area (Å²) in [5.41, 5.74) is 3.24.